The third kappa shape index (κ3) is 4.15. The molecule has 2 aromatic rings. The van der Waals surface area contributed by atoms with Crippen LogP contribution < -0.4 is 19.5 Å². The van der Waals surface area contributed by atoms with Gasteiger partial charge in [-0.05, 0) is 48.9 Å². The number of nitrogens with one attached hydrogen (secondary N) is 1. The molecule has 116 valence electrons. The number of aryl methyl sites for hydroxylation is 1. The Balaban J connectivity index is 1.94. The lowest BCUT2D eigenvalue weighted by Crippen LogP contribution is -2.20. The monoisotopic (exact) mass is 301 g/mol. The first-order valence-electron chi connectivity index (χ1n) is 6.83. The number of benzene rings is 2. The minimum Gasteiger partial charge on any atom is -0.497 e. The van der Waals surface area contributed by atoms with Crippen LogP contribution in [0.25, 0.3) is 0 Å². The molecule has 5 nitrogen and oxygen atoms in total. The van der Waals surface area contributed by atoms with Gasteiger partial charge < -0.3 is 19.5 Å². The highest BCUT2D eigenvalue weighted by Gasteiger charge is 2.08. The van der Waals surface area contributed by atoms with Crippen LogP contribution >= 0.6 is 0 Å². The van der Waals surface area contributed by atoms with E-state index in [9.17, 15) is 4.79 Å². The molecule has 0 unspecified atom stereocenters. The molecule has 0 radical (unpaired) electrons. The number of hydrogen-bond donors (Lipinski definition) is 1. The van der Waals surface area contributed by atoms with Gasteiger partial charge in [-0.25, -0.2) is 0 Å². The van der Waals surface area contributed by atoms with Gasteiger partial charge in [0.1, 0.15) is 17.2 Å². The molecule has 0 atom stereocenters. The molecule has 2 rings (SSSR count). The zero-order chi connectivity index (χ0) is 15.9. The highest BCUT2D eigenvalue weighted by molar-refractivity contribution is 5.93. The Hall–Kier alpha value is -2.69. The molecular weight excluding hydrogens is 282 g/mol. The van der Waals surface area contributed by atoms with Crippen LogP contribution in [0, 0.1) is 6.92 Å². The summed E-state index contributed by atoms with van der Waals surface area (Å²) in [7, 11) is 3.16. The fourth-order valence-corrected chi connectivity index (χ4v) is 1.93. The SMILES string of the molecule is COc1ccc(OCC(=O)Nc2cc(C)ccc2OC)cc1. The second kappa shape index (κ2) is 7.36. The van der Waals surface area contributed by atoms with Gasteiger partial charge in [0.2, 0.25) is 0 Å². The smallest absolute Gasteiger partial charge is 0.262 e. The van der Waals surface area contributed by atoms with Gasteiger partial charge in [0.25, 0.3) is 5.91 Å². The van der Waals surface area contributed by atoms with Crippen LogP contribution in [-0.2, 0) is 4.79 Å². The first-order valence-corrected chi connectivity index (χ1v) is 6.83. The van der Waals surface area contributed by atoms with Gasteiger partial charge in [-0.2, -0.15) is 0 Å². The van der Waals surface area contributed by atoms with Crippen LogP contribution in [0.2, 0.25) is 0 Å². The summed E-state index contributed by atoms with van der Waals surface area (Å²) in [4.78, 5) is 12.0. The third-order valence-corrected chi connectivity index (χ3v) is 3.06. The van der Waals surface area contributed by atoms with Crippen molar-refractivity contribution in [1.29, 1.82) is 0 Å². The molecule has 22 heavy (non-hydrogen) atoms. The number of ether oxygens (including phenoxy) is 3. The molecule has 0 aromatic heterocycles. The topological polar surface area (TPSA) is 56.8 Å². The number of carbonyl (C=O) groups excluding carboxylic acids is 1. The molecule has 1 N–H and O–H groups in total. The molecule has 0 heterocycles. The lowest BCUT2D eigenvalue weighted by atomic mass is 10.2. The van der Waals surface area contributed by atoms with Crippen molar-refractivity contribution in [2.24, 2.45) is 0 Å². The Morgan fingerprint density at radius 2 is 1.68 bits per heavy atom. The molecule has 0 saturated heterocycles. The van der Waals surface area contributed by atoms with Crippen molar-refractivity contribution in [2.75, 3.05) is 26.1 Å². The average molecular weight is 301 g/mol. The maximum absolute atomic E-state index is 12.0. The molecule has 0 aliphatic rings. The first-order chi connectivity index (χ1) is 10.6. The molecular formula is C17H19NO4. The highest BCUT2D eigenvalue weighted by Crippen LogP contribution is 2.25. The Morgan fingerprint density at radius 1 is 1.00 bits per heavy atom. The molecule has 0 saturated carbocycles. The van der Waals surface area contributed by atoms with Gasteiger partial charge in [-0.15, -0.1) is 0 Å². The number of rotatable bonds is 6. The summed E-state index contributed by atoms with van der Waals surface area (Å²) in [5, 5.41) is 2.78. The largest absolute Gasteiger partial charge is 0.497 e. The lowest BCUT2D eigenvalue weighted by Gasteiger charge is -2.11. The van der Waals surface area contributed by atoms with Crippen molar-refractivity contribution in [3.63, 3.8) is 0 Å². The van der Waals surface area contributed by atoms with Gasteiger partial charge in [0.15, 0.2) is 6.61 Å². The van der Waals surface area contributed by atoms with Crippen LogP contribution in [0.1, 0.15) is 5.56 Å². The van der Waals surface area contributed by atoms with E-state index in [0.717, 1.165) is 11.3 Å². The van der Waals surface area contributed by atoms with Crippen LogP contribution in [0.15, 0.2) is 42.5 Å². The minimum absolute atomic E-state index is 0.0799. The number of carbonyl (C=O) groups is 1. The van der Waals surface area contributed by atoms with Gasteiger partial charge >= 0.3 is 0 Å². The summed E-state index contributed by atoms with van der Waals surface area (Å²) in [5.74, 6) is 1.71. The molecule has 0 aliphatic heterocycles. The summed E-state index contributed by atoms with van der Waals surface area (Å²) in [6, 6.07) is 12.6. The van der Waals surface area contributed by atoms with Gasteiger partial charge in [0, 0.05) is 0 Å². The van der Waals surface area contributed by atoms with Crippen molar-refractivity contribution in [1.82, 2.24) is 0 Å². The van der Waals surface area contributed by atoms with Crippen LogP contribution in [0.5, 0.6) is 17.2 Å². The lowest BCUT2D eigenvalue weighted by molar-refractivity contribution is -0.118. The van der Waals surface area contributed by atoms with E-state index in [1.54, 1.807) is 38.5 Å². The Morgan fingerprint density at radius 3 is 2.32 bits per heavy atom. The predicted octanol–water partition coefficient (Wildman–Crippen LogP) is 3.03. The second-order valence-corrected chi connectivity index (χ2v) is 4.72. The molecule has 1 amide bonds. The summed E-state index contributed by atoms with van der Waals surface area (Å²) in [6.07, 6.45) is 0. The molecule has 0 fully saturated rings. The number of methoxy groups -OCH3 is 2. The fraction of sp³-hybridized carbons (Fsp3) is 0.235. The number of hydrogen-bond acceptors (Lipinski definition) is 4. The third-order valence-electron chi connectivity index (χ3n) is 3.06. The normalized spacial score (nSPS) is 9.95. The Kier molecular flexibility index (Phi) is 5.25. The van der Waals surface area contributed by atoms with E-state index in [-0.39, 0.29) is 12.5 Å². The average Bonchev–Trinajstić information content (AvgIpc) is 2.53. The maximum atomic E-state index is 12.0. The van der Waals surface area contributed by atoms with Crippen molar-refractivity contribution in [3.05, 3.63) is 48.0 Å². The molecule has 0 aliphatic carbocycles. The summed E-state index contributed by atoms with van der Waals surface area (Å²) >= 11 is 0. The highest BCUT2D eigenvalue weighted by atomic mass is 16.5. The summed E-state index contributed by atoms with van der Waals surface area (Å²) in [5.41, 5.74) is 1.66. The number of anilines is 1. The van der Waals surface area contributed by atoms with Crippen molar-refractivity contribution >= 4 is 11.6 Å². The van der Waals surface area contributed by atoms with Crippen molar-refractivity contribution < 1.29 is 19.0 Å². The maximum Gasteiger partial charge on any atom is 0.262 e. The van der Waals surface area contributed by atoms with E-state index < -0.39 is 0 Å². The van der Waals surface area contributed by atoms with E-state index in [0.29, 0.717) is 17.2 Å². The van der Waals surface area contributed by atoms with Crippen LogP contribution in [-0.4, -0.2) is 26.7 Å². The minimum atomic E-state index is -0.250. The van der Waals surface area contributed by atoms with E-state index >= 15 is 0 Å². The van der Waals surface area contributed by atoms with Crippen molar-refractivity contribution in [2.45, 2.75) is 6.92 Å². The second-order valence-electron chi connectivity index (χ2n) is 4.72. The van der Waals surface area contributed by atoms with E-state index in [4.69, 9.17) is 14.2 Å². The van der Waals surface area contributed by atoms with Gasteiger partial charge in [-0.3, -0.25) is 4.79 Å². The van der Waals surface area contributed by atoms with E-state index in [2.05, 4.69) is 5.32 Å². The fourth-order valence-electron chi connectivity index (χ4n) is 1.93. The van der Waals surface area contributed by atoms with E-state index in [1.165, 1.54) is 0 Å². The predicted molar refractivity (Wildman–Crippen MR) is 84.8 cm³/mol. The van der Waals surface area contributed by atoms with Crippen LogP contribution in [0.3, 0.4) is 0 Å². The van der Waals surface area contributed by atoms with Crippen LogP contribution in [0.4, 0.5) is 5.69 Å². The van der Waals surface area contributed by atoms with Gasteiger partial charge in [0.05, 0.1) is 19.9 Å². The zero-order valence-electron chi connectivity index (χ0n) is 12.9. The zero-order valence-corrected chi connectivity index (χ0v) is 12.9. The first kappa shape index (κ1) is 15.7. The van der Waals surface area contributed by atoms with Gasteiger partial charge in [-0.1, -0.05) is 6.07 Å². The summed E-state index contributed by atoms with van der Waals surface area (Å²) < 4.78 is 15.7. The molecule has 0 spiro atoms. The standard InChI is InChI=1S/C17H19NO4/c1-12-4-9-16(21-3)15(10-12)18-17(19)11-22-14-7-5-13(20-2)6-8-14/h4-10H,11H2,1-3H3,(H,18,19). The number of amides is 1. The summed E-state index contributed by atoms with van der Waals surface area (Å²) in [6.45, 7) is 1.87. The quantitative estimate of drug-likeness (QED) is 0.891. The molecule has 0 bridgehead atoms. The Labute approximate surface area is 129 Å². The van der Waals surface area contributed by atoms with Crippen molar-refractivity contribution in [3.8, 4) is 17.2 Å². The van der Waals surface area contributed by atoms with E-state index in [1.807, 2.05) is 25.1 Å². The molecule has 2 aromatic carbocycles. The molecule has 5 heteroatoms. The Bertz CT molecular complexity index is 638.